The van der Waals surface area contributed by atoms with Crippen molar-refractivity contribution in [3.8, 4) is 0 Å². The number of carboxylic acids is 1. The molecule has 0 fully saturated rings. The highest BCUT2D eigenvalue weighted by Crippen LogP contribution is 2.19. The Balaban J connectivity index is 1.75. The summed E-state index contributed by atoms with van der Waals surface area (Å²) in [5, 5.41) is 17.7. The van der Waals surface area contributed by atoms with Gasteiger partial charge in [0.25, 0.3) is 0 Å². The molecule has 1 aromatic carbocycles. The maximum Gasteiger partial charge on any atom is 0.326 e. The topological polar surface area (TPSA) is 238 Å². The third kappa shape index (κ3) is 7.89. The zero-order valence-corrected chi connectivity index (χ0v) is 22.1. The lowest BCUT2D eigenvalue weighted by molar-refractivity contribution is -0.143. The second-order valence-corrected chi connectivity index (χ2v) is 9.81. The summed E-state index contributed by atoms with van der Waals surface area (Å²) in [5.41, 5.74) is 13.7. The number of imidazole rings is 1. The van der Waals surface area contributed by atoms with E-state index in [1.807, 2.05) is 24.3 Å². The number of fused-ring (bicyclic) bond motifs is 1. The number of rotatable bonds is 14. The van der Waals surface area contributed by atoms with Crippen LogP contribution in [0.5, 0.6) is 0 Å². The minimum atomic E-state index is -1.48. The van der Waals surface area contributed by atoms with Crippen LogP contribution in [0.1, 0.15) is 31.5 Å². The van der Waals surface area contributed by atoms with E-state index in [9.17, 15) is 29.1 Å². The lowest BCUT2D eigenvalue weighted by Gasteiger charge is -2.25. The number of carbonyl (C=O) groups excluding carboxylic acids is 4. The Morgan fingerprint density at radius 1 is 0.950 bits per heavy atom. The highest BCUT2D eigenvalue weighted by atomic mass is 16.4. The molecule has 3 aromatic rings. The molecule has 0 aliphatic heterocycles. The third-order valence-electron chi connectivity index (χ3n) is 6.33. The van der Waals surface area contributed by atoms with E-state index in [4.69, 9.17) is 11.5 Å². The van der Waals surface area contributed by atoms with Gasteiger partial charge in [0.2, 0.25) is 23.6 Å². The van der Waals surface area contributed by atoms with Crippen LogP contribution < -0.4 is 27.4 Å². The molecule has 40 heavy (non-hydrogen) atoms. The number of para-hydroxylation sites is 1. The van der Waals surface area contributed by atoms with E-state index in [-0.39, 0.29) is 12.8 Å². The van der Waals surface area contributed by atoms with Crippen molar-refractivity contribution in [3.63, 3.8) is 0 Å². The quantitative estimate of drug-likeness (QED) is 0.124. The van der Waals surface area contributed by atoms with Crippen molar-refractivity contribution in [2.45, 2.75) is 57.3 Å². The summed E-state index contributed by atoms with van der Waals surface area (Å²) in [5.74, 6) is -4.98. The van der Waals surface area contributed by atoms with Crippen molar-refractivity contribution in [1.82, 2.24) is 30.9 Å². The van der Waals surface area contributed by atoms with Gasteiger partial charge in [-0.2, -0.15) is 0 Å². The number of nitrogens with zero attached hydrogens (tertiary/aromatic N) is 1. The van der Waals surface area contributed by atoms with Crippen molar-refractivity contribution in [1.29, 1.82) is 0 Å². The van der Waals surface area contributed by atoms with Crippen molar-refractivity contribution in [3.05, 3.63) is 54.2 Å². The Morgan fingerprint density at radius 2 is 1.62 bits per heavy atom. The van der Waals surface area contributed by atoms with E-state index >= 15 is 0 Å². The SMILES string of the molecule is CC(C)C(NC(=O)C(CC(N)=O)NC(=O)C(Cc1cnc[nH]1)NC(=O)C(N)Cc1c[nH]c2ccccc12)C(=O)O. The molecule has 0 saturated carbocycles. The lowest BCUT2D eigenvalue weighted by Crippen LogP contribution is -2.58. The van der Waals surface area contributed by atoms with Crippen LogP contribution in [0, 0.1) is 5.92 Å². The molecular formula is C26H34N8O6. The van der Waals surface area contributed by atoms with Crippen LogP contribution in [0.3, 0.4) is 0 Å². The first-order valence-electron chi connectivity index (χ1n) is 12.7. The summed E-state index contributed by atoms with van der Waals surface area (Å²) < 4.78 is 0. The van der Waals surface area contributed by atoms with E-state index in [0.717, 1.165) is 16.5 Å². The number of amides is 4. The number of carboxylic acid groups (broad SMARTS) is 1. The summed E-state index contributed by atoms with van der Waals surface area (Å²) in [6.45, 7) is 3.19. The Bertz CT molecular complexity index is 1350. The number of nitrogens with two attached hydrogens (primary N) is 2. The van der Waals surface area contributed by atoms with Crippen LogP contribution in [-0.2, 0) is 36.8 Å². The predicted octanol–water partition coefficient (Wildman–Crippen LogP) is -0.926. The highest BCUT2D eigenvalue weighted by Gasteiger charge is 2.32. The molecule has 0 spiro atoms. The fourth-order valence-electron chi connectivity index (χ4n) is 4.18. The number of carbonyl (C=O) groups is 5. The van der Waals surface area contributed by atoms with Crippen LogP contribution in [-0.4, -0.2) is 73.8 Å². The molecule has 14 nitrogen and oxygen atoms in total. The molecule has 3 rings (SSSR count). The van der Waals surface area contributed by atoms with Gasteiger partial charge in [0, 0.05) is 35.4 Å². The van der Waals surface area contributed by atoms with Crippen LogP contribution >= 0.6 is 0 Å². The second-order valence-electron chi connectivity index (χ2n) is 9.81. The van der Waals surface area contributed by atoms with Gasteiger partial charge in [-0.25, -0.2) is 9.78 Å². The van der Waals surface area contributed by atoms with Gasteiger partial charge in [0.1, 0.15) is 18.1 Å². The fraction of sp³-hybridized carbons (Fsp3) is 0.385. The predicted molar refractivity (Wildman–Crippen MR) is 144 cm³/mol. The normalized spacial score (nSPS) is 14.2. The Morgan fingerprint density at radius 3 is 2.25 bits per heavy atom. The van der Waals surface area contributed by atoms with Gasteiger partial charge in [0.05, 0.1) is 18.8 Å². The van der Waals surface area contributed by atoms with Crippen molar-refractivity contribution in [2.75, 3.05) is 0 Å². The molecule has 2 heterocycles. The number of aromatic amines is 2. The maximum atomic E-state index is 13.3. The number of benzene rings is 1. The minimum absolute atomic E-state index is 0.0357. The third-order valence-corrected chi connectivity index (χ3v) is 6.33. The van der Waals surface area contributed by atoms with Gasteiger partial charge in [-0.15, -0.1) is 0 Å². The minimum Gasteiger partial charge on any atom is -0.480 e. The summed E-state index contributed by atoms with van der Waals surface area (Å²) in [6.07, 6.45) is 4.19. The molecule has 10 N–H and O–H groups in total. The van der Waals surface area contributed by atoms with Gasteiger partial charge in [-0.3, -0.25) is 19.2 Å². The summed E-state index contributed by atoms with van der Waals surface area (Å²) in [4.78, 5) is 72.3. The number of H-pyrrole nitrogens is 2. The van der Waals surface area contributed by atoms with Crippen LogP contribution in [0.4, 0.5) is 0 Å². The summed E-state index contributed by atoms with van der Waals surface area (Å²) in [6, 6.07) is 2.58. The molecule has 14 heteroatoms. The number of primary amides is 1. The van der Waals surface area contributed by atoms with Crippen LogP contribution in [0.25, 0.3) is 10.9 Å². The molecule has 214 valence electrons. The average Bonchev–Trinajstić information content (AvgIpc) is 3.55. The maximum absolute atomic E-state index is 13.3. The number of hydrogen-bond donors (Lipinski definition) is 8. The van der Waals surface area contributed by atoms with E-state index in [1.165, 1.54) is 12.5 Å². The fourth-order valence-corrected chi connectivity index (χ4v) is 4.18. The van der Waals surface area contributed by atoms with Crippen molar-refractivity contribution < 1.29 is 29.1 Å². The zero-order valence-electron chi connectivity index (χ0n) is 22.1. The Hall–Kier alpha value is -4.72. The summed E-state index contributed by atoms with van der Waals surface area (Å²) >= 11 is 0. The molecule has 0 saturated heterocycles. The Labute approximate surface area is 229 Å². The van der Waals surface area contributed by atoms with Crippen LogP contribution in [0.15, 0.2) is 43.0 Å². The first-order valence-corrected chi connectivity index (χ1v) is 12.7. The summed E-state index contributed by atoms with van der Waals surface area (Å²) in [7, 11) is 0. The van der Waals surface area contributed by atoms with Gasteiger partial charge in [0.15, 0.2) is 0 Å². The smallest absolute Gasteiger partial charge is 0.326 e. The number of aliphatic carboxylic acids is 1. The zero-order chi connectivity index (χ0) is 29.4. The number of nitrogens with one attached hydrogen (secondary N) is 5. The van der Waals surface area contributed by atoms with Crippen LogP contribution in [0.2, 0.25) is 0 Å². The molecule has 0 aliphatic rings. The standard InChI is InChI=1S/C26H34N8O6/c1-13(2)22(26(39)40)34-25(38)20(9-21(28)35)33-24(37)19(8-15-11-29-12-31-15)32-23(36)17(27)7-14-10-30-18-6-4-3-5-16(14)18/h3-6,10-13,17,19-20,22,30H,7-9,27H2,1-2H3,(H2,28,35)(H,29,31)(H,32,36)(H,33,37)(H,34,38)(H,39,40). The van der Waals surface area contributed by atoms with E-state index in [1.54, 1.807) is 20.0 Å². The van der Waals surface area contributed by atoms with E-state index in [0.29, 0.717) is 5.69 Å². The average molecular weight is 555 g/mol. The lowest BCUT2D eigenvalue weighted by atomic mass is 10.0. The Kier molecular flexibility index (Phi) is 9.97. The van der Waals surface area contributed by atoms with Gasteiger partial charge >= 0.3 is 5.97 Å². The van der Waals surface area contributed by atoms with Gasteiger partial charge in [-0.1, -0.05) is 32.0 Å². The number of aromatic nitrogens is 3. The molecule has 0 aliphatic carbocycles. The molecule has 4 atom stereocenters. The molecule has 4 unspecified atom stereocenters. The molecule has 4 amide bonds. The van der Waals surface area contributed by atoms with Gasteiger partial charge < -0.3 is 42.5 Å². The highest BCUT2D eigenvalue weighted by molar-refractivity contribution is 5.96. The second kappa shape index (κ2) is 13.4. The first kappa shape index (κ1) is 29.8. The monoisotopic (exact) mass is 554 g/mol. The largest absolute Gasteiger partial charge is 0.480 e. The van der Waals surface area contributed by atoms with Crippen molar-refractivity contribution in [2.24, 2.45) is 17.4 Å². The van der Waals surface area contributed by atoms with E-state index in [2.05, 4.69) is 30.9 Å². The van der Waals surface area contributed by atoms with Gasteiger partial charge in [-0.05, 0) is 24.0 Å². The molecule has 0 radical (unpaired) electrons. The first-order chi connectivity index (χ1) is 19.0. The molecule has 2 aromatic heterocycles. The van der Waals surface area contributed by atoms with Crippen molar-refractivity contribution >= 4 is 40.5 Å². The number of hydrogen-bond acceptors (Lipinski definition) is 7. The molecule has 0 bridgehead atoms. The molecular weight excluding hydrogens is 520 g/mol. The van der Waals surface area contributed by atoms with E-state index < -0.39 is 66.1 Å².